The van der Waals surface area contributed by atoms with E-state index in [1.165, 1.54) is 24.0 Å². The first-order chi connectivity index (χ1) is 9.29. The van der Waals surface area contributed by atoms with Crippen molar-refractivity contribution >= 4 is 21.7 Å². The van der Waals surface area contributed by atoms with Gasteiger partial charge in [-0.1, -0.05) is 5.21 Å². The van der Waals surface area contributed by atoms with E-state index in [1.54, 1.807) is 0 Å². The molecule has 0 spiro atoms. The number of sulfone groups is 1. The minimum atomic E-state index is -3.80. The predicted molar refractivity (Wildman–Crippen MR) is 64.0 cm³/mol. The number of nitrogens with zero attached hydrogens (tertiary/aromatic N) is 4. The predicted octanol–water partition coefficient (Wildman–Crippen LogP) is -1.52. The zero-order chi connectivity index (χ0) is 14.7. The highest BCUT2D eigenvalue weighted by Gasteiger charge is 2.70. The van der Waals surface area contributed by atoms with E-state index < -0.39 is 37.9 Å². The van der Waals surface area contributed by atoms with Crippen molar-refractivity contribution in [3.63, 3.8) is 0 Å². The molecule has 0 aliphatic carbocycles. The molecule has 0 unspecified atom stereocenters. The van der Waals surface area contributed by atoms with Gasteiger partial charge in [-0.3, -0.25) is 9.48 Å². The number of hydrogen-bond acceptors (Lipinski definition) is 6. The monoisotopic (exact) mass is 300 g/mol. The van der Waals surface area contributed by atoms with Crippen molar-refractivity contribution in [2.45, 2.75) is 36.1 Å². The van der Waals surface area contributed by atoms with Gasteiger partial charge in [-0.15, -0.1) is 5.10 Å². The minimum absolute atomic E-state index is 0.154. The summed E-state index contributed by atoms with van der Waals surface area (Å²) in [6, 6.07) is -1.40. The molecule has 2 fully saturated rings. The van der Waals surface area contributed by atoms with Gasteiger partial charge in [0.05, 0.1) is 19.2 Å². The third-order valence-corrected chi connectivity index (χ3v) is 6.76. The van der Waals surface area contributed by atoms with E-state index in [2.05, 4.69) is 10.3 Å². The lowest BCUT2D eigenvalue weighted by molar-refractivity contribution is -0.157. The molecule has 0 radical (unpaired) electrons. The van der Waals surface area contributed by atoms with Crippen LogP contribution in [-0.4, -0.2) is 61.5 Å². The summed E-state index contributed by atoms with van der Waals surface area (Å²) in [5, 5.41) is 15.6. The topological polar surface area (TPSA) is 122 Å². The van der Waals surface area contributed by atoms with Crippen LogP contribution in [0.15, 0.2) is 12.4 Å². The average Bonchev–Trinajstić information content (AvgIpc) is 2.87. The Morgan fingerprint density at radius 1 is 1.60 bits per heavy atom. The summed E-state index contributed by atoms with van der Waals surface area (Å²) >= 11 is 0. The number of aliphatic carboxylic acids is 1. The van der Waals surface area contributed by atoms with Gasteiger partial charge in [-0.05, 0) is 6.92 Å². The van der Waals surface area contributed by atoms with E-state index in [0.29, 0.717) is 0 Å². The Labute approximate surface area is 114 Å². The second-order valence-electron chi connectivity index (χ2n) is 5.16. The molecule has 3 heterocycles. The summed E-state index contributed by atoms with van der Waals surface area (Å²) in [6.45, 7) is 1.18. The first kappa shape index (κ1) is 13.0. The van der Waals surface area contributed by atoms with Crippen LogP contribution in [0.25, 0.3) is 0 Å². The number of rotatable bonds is 3. The number of carboxylic acid groups (broad SMARTS) is 1. The van der Waals surface area contributed by atoms with Gasteiger partial charge in [-0.2, -0.15) is 0 Å². The summed E-state index contributed by atoms with van der Waals surface area (Å²) in [5.41, 5.74) is 0. The fourth-order valence-corrected chi connectivity index (χ4v) is 5.29. The van der Waals surface area contributed by atoms with Crippen molar-refractivity contribution in [1.82, 2.24) is 19.9 Å². The van der Waals surface area contributed by atoms with Crippen molar-refractivity contribution in [3.05, 3.63) is 12.4 Å². The lowest BCUT2D eigenvalue weighted by Gasteiger charge is -2.35. The number of amides is 1. The minimum Gasteiger partial charge on any atom is -0.480 e. The van der Waals surface area contributed by atoms with Crippen LogP contribution >= 0.6 is 0 Å². The molecule has 1 amide bonds. The molecule has 0 saturated carbocycles. The van der Waals surface area contributed by atoms with Crippen molar-refractivity contribution in [2.75, 3.05) is 0 Å². The summed E-state index contributed by atoms with van der Waals surface area (Å²) in [5.74, 6) is -1.78. The van der Waals surface area contributed by atoms with Crippen LogP contribution in [0.3, 0.4) is 0 Å². The van der Waals surface area contributed by atoms with Crippen LogP contribution in [0.4, 0.5) is 0 Å². The van der Waals surface area contributed by atoms with Gasteiger partial charge in [-0.25, -0.2) is 13.2 Å². The smallest absolute Gasteiger partial charge is 0.328 e. The van der Waals surface area contributed by atoms with Crippen molar-refractivity contribution in [2.24, 2.45) is 0 Å². The molecule has 2 aliphatic heterocycles. The van der Waals surface area contributed by atoms with Crippen molar-refractivity contribution in [1.29, 1.82) is 0 Å². The van der Waals surface area contributed by atoms with Gasteiger partial charge < -0.3 is 10.0 Å². The van der Waals surface area contributed by atoms with E-state index in [-0.39, 0.29) is 13.0 Å². The molecule has 3 rings (SSSR count). The van der Waals surface area contributed by atoms with E-state index in [0.717, 1.165) is 4.90 Å². The number of hydrogen-bond donors (Lipinski definition) is 1. The molecule has 0 bridgehead atoms. The van der Waals surface area contributed by atoms with Crippen molar-refractivity contribution < 1.29 is 23.1 Å². The molecule has 108 valence electrons. The first-order valence-electron chi connectivity index (χ1n) is 5.90. The fourth-order valence-electron chi connectivity index (χ4n) is 2.93. The van der Waals surface area contributed by atoms with Crippen LogP contribution in [0, 0.1) is 0 Å². The maximum Gasteiger partial charge on any atom is 0.328 e. The SMILES string of the molecule is C[C@]1(Cn2ccnn2)[C@@H](C(=O)O)N2C(=O)C[C@@H]2S1(=O)=O. The molecule has 20 heavy (non-hydrogen) atoms. The summed E-state index contributed by atoms with van der Waals surface area (Å²) in [6.07, 6.45) is 2.68. The molecule has 1 aromatic heterocycles. The largest absolute Gasteiger partial charge is 0.480 e. The average molecular weight is 300 g/mol. The molecule has 10 heteroatoms. The number of carbonyl (C=O) groups excluding carboxylic acids is 1. The normalized spacial score (nSPS) is 34.6. The Hall–Kier alpha value is -1.97. The van der Waals surface area contributed by atoms with Gasteiger partial charge >= 0.3 is 5.97 Å². The number of carboxylic acids is 1. The molecule has 9 nitrogen and oxygen atoms in total. The Morgan fingerprint density at radius 2 is 2.30 bits per heavy atom. The molecule has 1 aromatic rings. The molecular weight excluding hydrogens is 288 g/mol. The molecule has 0 aromatic carbocycles. The van der Waals surface area contributed by atoms with Crippen LogP contribution in [-0.2, 0) is 26.0 Å². The molecule has 3 atom stereocenters. The fraction of sp³-hybridized carbons (Fsp3) is 0.600. The second kappa shape index (κ2) is 3.78. The van der Waals surface area contributed by atoms with Crippen LogP contribution < -0.4 is 0 Å². The van der Waals surface area contributed by atoms with E-state index in [1.807, 2.05) is 0 Å². The lowest BCUT2D eigenvalue weighted by atomic mass is 9.96. The van der Waals surface area contributed by atoms with Gasteiger partial charge in [0, 0.05) is 6.20 Å². The third-order valence-electron chi connectivity index (χ3n) is 3.99. The molecule has 2 saturated heterocycles. The van der Waals surface area contributed by atoms with Gasteiger partial charge in [0.15, 0.2) is 15.9 Å². The highest BCUT2D eigenvalue weighted by atomic mass is 32.2. The Morgan fingerprint density at radius 3 is 2.80 bits per heavy atom. The van der Waals surface area contributed by atoms with E-state index in [4.69, 9.17) is 0 Å². The molecule has 2 aliphatic rings. The standard InChI is InChI=1S/C10H12N4O5S/c1-10(5-13-3-2-11-12-13)8(9(16)17)14-6(15)4-7(14)20(10,18)19/h2-3,7-8H,4-5H2,1H3,(H,16,17)/t7-,8+,10-/m0/s1. The molecule has 1 N–H and O–H groups in total. The Kier molecular flexibility index (Phi) is 2.46. The van der Waals surface area contributed by atoms with Crippen LogP contribution in [0.5, 0.6) is 0 Å². The van der Waals surface area contributed by atoms with E-state index >= 15 is 0 Å². The van der Waals surface area contributed by atoms with E-state index in [9.17, 15) is 23.1 Å². The summed E-state index contributed by atoms with van der Waals surface area (Å²) in [4.78, 5) is 24.0. The highest BCUT2D eigenvalue weighted by Crippen LogP contribution is 2.46. The zero-order valence-corrected chi connectivity index (χ0v) is 11.3. The number of β-lactam (4-membered cyclic amide) rings is 1. The quantitative estimate of drug-likeness (QED) is 0.672. The summed E-state index contributed by atoms with van der Waals surface area (Å²) in [7, 11) is -3.80. The number of fused-ring (bicyclic) bond motifs is 1. The number of aromatic nitrogens is 3. The zero-order valence-electron chi connectivity index (χ0n) is 10.5. The van der Waals surface area contributed by atoms with Gasteiger partial charge in [0.25, 0.3) is 0 Å². The van der Waals surface area contributed by atoms with Gasteiger partial charge in [0.1, 0.15) is 10.1 Å². The van der Waals surface area contributed by atoms with Crippen LogP contribution in [0.2, 0.25) is 0 Å². The lowest BCUT2D eigenvalue weighted by Crippen LogP contribution is -2.58. The maximum atomic E-state index is 12.5. The first-order valence-corrected chi connectivity index (χ1v) is 7.45. The number of carbonyl (C=O) groups is 2. The Bertz CT molecular complexity index is 685. The summed E-state index contributed by atoms with van der Waals surface area (Å²) < 4.78 is 24.7. The second-order valence-corrected chi connectivity index (χ2v) is 7.73. The third kappa shape index (κ3) is 1.39. The Balaban J connectivity index is 2.10. The maximum absolute atomic E-state index is 12.5. The van der Waals surface area contributed by atoms with Gasteiger partial charge in [0.2, 0.25) is 5.91 Å². The highest BCUT2D eigenvalue weighted by molar-refractivity contribution is 7.93. The molecular formula is C10H12N4O5S. The van der Waals surface area contributed by atoms with Crippen LogP contribution in [0.1, 0.15) is 13.3 Å². The van der Waals surface area contributed by atoms with Crippen molar-refractivity contribution in [3.8, 4) is 0 Å².